The second-order valence-corrected chi connectivity index (χ2v) is 18.0. The van der Waals surface area contributed by atoms with Gasteiger partial charge < -0.3 is 4.12 Å². The van der Waals surface area contributed by atoms with Crippen LogP contribution in [0.2, 0.25) is 36.3 Å². The monoisotopic (exact) mass is 302 g/mol. The van der Waals surface area contributed by atoms with E-state index in [1.54, 1.807) is 0 Å². The van der Waals surface area contributed by atoms with Gasteiger partial charge >= 0.3 is 0 Å². The van der Waals surface area contributed by atoms with Gasteiger partial charge in [-0.2, -0.15) is 0 Å². The highest BCUT2D eigenvalue weighted by atomic mass is 28.4. The summed E-state index contributed by atoms with van der Waals surface area (Å²) in [6.07, 6.45) is 5.08. The maximum atomic E-state index is 6.94. The lowest BCUT2D eigenvalue weighted by Crippen LogP contribution is -2.55. The number of hydrogen-bond acceptors (Lipinski definition) is 1. The summed E-state index contributed by atoms with van der Waals surface area (Å²) < 4.78 is 6.94. The lowest BCUT2D eigenvalue weighted by atomic mass is 10.1. The van der Waals surface area contributed by atoms with Gasteiger partial charge in [-0.05, 0) is 49.1 Å². The summed E-state index contributed by atoms with van der Waals surface area (Å²) in [7, 11) is -3.33. The van der Waals surface area contributed by atoms with Gasteiger partial charge in [-0.15, -0.1) is 0 Å². The Hall–Kier alpha value is 0.394. The molecule has 3 heteroatoms. The summed E-state index contributed by atoms with van der Waals surface area (Å²) in [6.45, 7) is 24.0. The third-order valence-electron chi connectivity index (χ3n) is 5.52. The summed E-state index contributed by atoms with van der Waals surface area (Å²) in [5.41, 5.74) is 0. The smallest absolute Gasteiger partial charge is 0.179 e. The lowest BCUT2D eigenvalue weighted by molar-refractivity contribution is 0.408. The third-order valence-corrected chi connectivity index (χ3v) is 16.6. The Morgan fingerprint density at radius 1 is 0.684 bits per heavy atom. The largest absolute Gasteiger partial charge is 0.455 e. The van der Waals surface area contributed by atoms with E-state index in [4.69, 9.17) is 4.12 Å². The molecular formula is C16H38OSi2. The molecule has 1 nitrogen and oxygen atoms in total. The van der Waals surface area contributed by atoms with Crippen LogP contribution < -0.4 is 0 Å². The average molecular weight is 303 g/mol. The van der Waals surface area contributed by atoms with Crippen molar-refractivity contribution in [3.05, 3.63) is 0 Å². The van der Waals surface area contributed by atoms with Gasteiger partial charge in [0.05, 0.1) is 0 Å². The van der Waals surface area contributed by atoms with E-state index in [-0.39, 0.29) is 0 Å². The standard InChI is InChI=1S/C16H38OSi2/c1-11-13-15(3,4)18(7,8)17-19(9,10)16(5,6)14-12-2/h11-14H2,1-10H3. The molecule has 0 spiro atoms. The van der Waals surface area contributed by atoms with Gasteiger partial charge in [-0.3, -0.25) is 0 Å². The first-order valence-electron chi connectivity index (χ1n) is 8.03. The first kappa shape index (κ1) is 19.4. The molecule has 0 aliphatic rings. The minimum absolute atomic E-state index is 0.369. The molecule has 0 aromatic carbocycles. The quantitative estimate of drug-likeness (QED) is 0.460. The predicted molar refractivity (Wildman–Crippen MR) is 93.9 cm³/mol. The summed E-state index contributed by atoms with van der Waals surface area (Å²) in [5.74, 6) is 0. The molecule has 0 saturated heterocycles. The van der Waals surface area contributed by atoms with Crippen molar-refractivity contribution in [2.75, 3.05) is 0 Å². The van der Waals surface area contributed by atoms with Crippen LogP contribution in [0.4, 0.5) is 0 Å². The molecule has 0 unspecified atom stereocenters. The van der Waals surface area contributed by atoms with Crippen molar-refractivity contribution in [2.24, 2.45) is 0 Å². The summed E-state index contributed by atoms with van der Waals surface area (Å²) in [4.78, 5) is 0. The Kier molecular flexibility index (Phi) is 6.57. The van der Waals surface area contributed by atoms with E-state index >= 15 is 0 Å². The molecule has 0 bridgehead atoms. The van der Waals surface area contributed by atoms with Crippen LogP contribution in [0, 0.1) is 0 Å². The van der Waals surface area contributed by atoms with Crippen LogP contribution in [-0.2, 0) is 4.12 Å². The first-order chi connectivity index (χ1) is 8.33. The second kappa shape index (κ2) is 6.44. The van der Waals surface area contributed by atoms with Crippen molar-refractivity contribution in [1.29, 1.82) is 0 Å². The van der Waals surface area contributed by atoms with Gasteiger partial charge in [0.15, 0.2) is 16.6 Å². The molecule has 0 atom stereocenters. The molecule has 0 saturated carbocycles. The lowest BCUT2D eigenvalue weighted by Gasteiger charge is -2.49. The Balaban J connectivity index is 5.09. The zero-order valence-electron chi connectivity index (χ0n) is 15.2. The third kappa shape index (κ3) is 4.71. The number of hydrogen-bond donors (Lipinski definition) is 0. The van der Waals surface area contributed by atoms with Gasteiger partial charge in [-0.1, -0.05) is 54.4 Å². The molecule has 116 valence electrons. The summed E-state index contributed by atoms with van der Waals surface area (Å²) in [5, 5.41) is 0.739. The number of rotatable bonds is 8. The van der Waals surface area contributed by atoms with Crippen molar-refractivity contribution in [1.82, 2.24) is 0 Å². The van der Waals surface area contributed by atoms with E-state index in [9.17, 15) is 0 Å². The maximum absolute atomic E-state index is 6.94. The molecule has 19 heavy (non-hydrogen) atoms. The fraction of sp³-hybridized carbons (Fsp3) is 1.00. The normalized spacial score (nSPS) is 14.8. The van der Waals surface area contributed by atoms with Gasteiger partial charge in [0, 0.05) is 0 Å². The van der Waals surface area contributed by atoms with Crippen LogP contribution in [0.3, 0.4) is 0 Å². The highest BCUT2D eigenvalue weighted by Crippen LogP contribution is 2.49. The molecular weight excluding hydrogens is 264 g/mol. The van der Waals surface area contributed by atoms with E-state index in [0.29, 0.717) is 10.1 Å². The van der Waals surface area contributed by atoms with Crippen molar-refractivity contribution < 1.29 is 4.12 Å². The zero-order valence-corrected chi connectivity index (χ0v) is 17.2. The highest BCUT2D eigenvalue weighted by molar-refractivity contribution is 6.87. The average Bonchev–Trinajstić information content (AvgIpc) is 2.14. The van der Waals surface area contributed by atoms with Gasteiger partial charge in [0.1, 0.15) is 0 Å². The van der Waals surface area contributed by atoms with Crippen LogP contribution >= 0.6 is 0 Å². The van der Waals surface area contributed by atoms with Crippen molar-refractivity contribution in [3.8, 4) is 0 Å². The van der Waals surface area contributed by atoms with E-state index in [2.05, 4.69) is 67.7 Å². The Morgan fingerprint density at radius 3 is 1.16 bits per heavy atom. The van der Waals surface area contributed by atoms with E-state index < -0.39 is 16.6 Å². The topological polar surface area (TPSA) is 9.23 Å². The molecule has 0 radical (unpaired) electrons. The maximum Gasteiger partial charge on any atom is 0.179 e. The van der Waals surface area contributed by atoms with Crippen LogP contribution in [0.5, 0.6) is 0 Å². The molecule has 0 rings (SSSR count). The van der Waals surface area contributed by atoms with Crippen LogP contribution in [-0.4, -0.2) is 16.6 Å². The molecule has 0 aromatic heterocycles. The van der Waals surface area contributed by atoms with E-state index in [1.165, 1.54) is 25.7 Å². The van der Waals surface area contributed by atoms with Gasteiger partial charge in [-0.25, -0.2) is 0 Å². The van der Waals surface area contributed by atoms with E-state index in [1.807, 2.05) is 0 Å². The fourth-order valence-corrected chi connectivity index (χ4v) is 11.8. The van der Waals surface area contributed by atoms with Crippen LogP contribution in [0.15, 0.2) is 0 Å². The van der Waals surface area contributed by atoms with Gasteiger partial charge in [0.2, 0.25) is 0 Å². The SMILES string of the molecule is CCCC(C)(C)[Si](C)(C)O[Si](C)(C)C(C)(C)CCC. The Morgan fingerprint density at radius 2 is 0.947 bits per heavy atom. The fourth-order valence-electron chi connectivity index (χ4n) is 2.77. The minimum Gasteiger partial charge on any atom is -0.455 e. The van der Waals surface area contributed by atoms with Crippen molar-refractivity contribution >= 4 is 16.6 Å². The molecule has 0 amide bonds. The highest BCUT2D eigenvalue weighted by Gasteiger charge is 2.49. The molecule has 0 aromatic rings. The van der Waals surface area contributed by atoms with Crippen molar-refractivity contribution in [3.63, 3.8) is 0 Å². The molecule has 0 heterocycles. The molecule has 0 fully saturated rings. The Bertz CT molecular complexity index is 252. The van der Waals surface area contributed by atoms with Crippen LogP contribution in [0.1, 0.15) is 67.2 Å². The predicted octanol–water partition coefficient (Wildman–Crippen LogP) is 6.57. The second-order valence-electron chi connectivity index (χ2n) is 8.39. The molecule has 0 N–H and O–H groups in total. The van der Waals surface area contributed by atoms with Crippen molar-refractivity contribution in [2.45, 2.75) is 103 Å². The minimum atomic E-state index is -1.66. The Labute approximate surface area is 124 Å². The zero-order chi connectivity index (χ0) is 15.5. The summed E-state index contributed by atoms with van der Waals surface area (Å²) >= 11 is 0. The first-order valence-corrected chi connectivity index (χ1v) is 13.8. The summed E-state index contributed by atoms with van der Waals surface area (Å²) in [6, 6.07) is 0. The molecule has 0 aliphatic carbocycles. The van der Waals surface area contributed by atoms with Gasteiger partial charge in [0.25, 0.3) is 0 Å². The molecule has 0 aliphatic heterocycles. The van der Waals surface area contributed by atoms with Crippen LogP contribution in [0.25, 0.3) is 0 Å². The van der Waals surface area contributed by atoms with E-state index in [0.717, 1.165) is 0 Å².